The van der Waals surface area contributed by atoms with Crippen molar-refractivity contribution in [1.29, 1.82) is 0 Å². The third-order valence-corrected chi connectivity index (χ3v) is 4.04. The van der Waals surface area contributed by atoms with Crippen molar-refractivity contribution in [2.24, 2.45) is 7.05 Å². The molecule has 0 saturated heterocycles. The van der Waals surface area contributed by atoms with Gasteiger partial charge in [-0.3, -0.25) is 13.9 Å². The molecule has 0 radical (unpaired) electrons. The van der Waals surface area contributed by atoms with Crippen LogP contribution in [0.1, 0.15) is 22.4 Å². The summed E-state index contributed by atoms with van der Waals surface area (Å²) in [6, 6.07) is 9.68. The van der Waals surface area contributed by atoms with Gasteiger partial charge in [0.25, 0.3) is 5.56 Å². The molecule has 0 fully saturated rings. The SMILES string of the molecule is Cc1cccc(Cn2c(=O)c3c(C)cc(C)nc3n(C)c2=O)c1. The van der Waals surface area contributed by atoms with Crippen LogP contribution in [0.15, 0.2) is 39.9 Å². The second kappa shape index (κ2) is 5.50. The van der Waals surface area contributed by atoms with E-state index in [1.54, 1.807) is 7.05 Å². The van der Waals surface area contributed by atoms with Crippen molar-refractivity contribution in [3.8, 4) is 0 Å². The molecule has 3 rings (SSSR count). The number of hydrogen-bond acceptors (Lipinski definition) is 3. The van der Waals surface area contributed by atoms with Gasteiger partial charge >= 0.3 is 5.69 Å². The molecule has 2 aromatic heterocycles. The quantitative estimate of drug-likeness (QED) is 0.728. The van der Waals surface area contributed by atoms with Crippen molar-refractivity contribution in [2.75, 3.05) is 0 Å². The normalized spacial score (nSPS) is 11.1. The van der Waals surface area contributed by atoms with Crippen molar-refractivity contribution in [3.63, 3.8) is 0 Å². The molecular weight excluding hydrogens is 290 g/mol. The van der Waals surface area contributed by atoms with E-state index in [1.165, 1.54) is 9.13 Å². The van der Waals surface area contributed by atoms with Gasteiger partial charge in [0, 0.05) is 12.7 Å². The Labute approximate surface area is 133 Å². The first-order valence-corrected chi connectivity index (χ1v) is 7.52. The van der Waals surface area contributed by atoms with Gasteiger partial charge in [0.05, 0.1) is 11.9 Å². The Balaban J connectivity index is 2.30. The zero-order chi connectivity index (χ0) is 16.7. The number of nitrogens with zero attached hydrogens (tertiary/aromatic N) is 3. The monoisotopic (exact) mass is 309 g/mol. The predicted molar refractivity (Wildman–Crippen MR) is 91.0 cm³/mol. The zero-order valence-electron chi connectivity index (χ0n) is 13.8. The molecule has 0 aliphatic carbocycles. The standard InChI is InChI=1S/C18H19N3O2/c1-11-6-5-7-14(8-11)10-21-17(22)15-12(2)9-13(3)19-16(15)20(4)18(21)23/h5-9H,10H2,1-4H3. The maximum Gasteiger partial charge on any atom is 0.332 e. The maximum absolute atomic E-state index is 12.8. The average Bonchev–Trinajstić information content (AvgIpc) is 2.48. The maximum atomic E-state index is 12.8. The van der Waals surface area contributed by atoms with Crippen LogP contribution in [0, 0.1) is 20.8 Å². The van der Waals surface area contributed by atoms with E-state index in [0.717, 1.165) is 22.4 Å². The molecule has 0 aliphatic heterocycles. The molecule has 0 N–H and O–H groups in total. The number of rotatable bonds is 2. The minimum Gasteiger partial charge on any atom is -0.280 e. The Kier molecular flexibility index (Phi) is 3.64. The lowest BCUT2D eigenvalue weighted by molar-refractivity contribution is 0.655. The Morgan fingerprint density at radius 1 is 1.09 bits per heavy atom. The van der Waals surface area contributed by atoms with Crippen molar-refractivity contribution in [3.05, 3.63) is 73.6 Å². The van der Waals surface area contributed by atoms with E-state index in [9.17, 15) is 9.59 Å². The third-order valence-electron chi connectivity index (χ3n) is 4.04. The van der Waals surface area contributed by atoms with E-state index in [0.29, 0.717) is 11.0 Å². The Morgan fingerprint density at radius 2 is 1.83 bits per heavy atom. The summed E-state index contributed by atoms with van der Waals surface area (Å²) in [4.78, 5) is 29.8. The fourth-order valence-electron chi connectivity index (χ4n) is 2.95. The van der Waals surface area contributed by atoms with E-state index in [-0.39, 0.29) is 17.8 Å². The van der Waals surface area contributed by atoms with Crippen LogP contribution in [-0.2, 0) is 13.6 Å². The summed E-state index contributed by atoms with van der Waals surface area (Å²) in [6.07, 6.45) is 0. The van der Waals surface area contributed by atoms with Gasteiger partial charge in [0.2, 0.25) is 0 Å². The molecule has 0 bridgehead atoms. The van der Waals surface area contributed by atoms with Crippen LogP contribution < -0.4 is 11.2 Å². The highest BCUT2D eigenvalue weighted by Crippen LogP contribution is 2.12. The van der Waals surface area contributed by atoms with Gasteiger partial charge in [-0.15, -0.1) is 0 Å². The van der Waals surface area contributed by atoms with Gasteiger partial charge in [-0.05, 0) is 38.0 Å². The molecule has 1 aromatic carbocycles. The molecule has 118 valence electrons. The summed E-state index contributed by atoms with van der Waals surface area (Å²) < 4.78 is 2.73. The molecule has 0 saturated carbocycles. The highest BCUT2D eigenvalue weighted by molar-refractivity contribution is 5.78. The molecule has 0 unspecified atom stereocenters. The zero-order valence-corrected chi connectivity index (χ0v) is 13.8. The summed E-state index contributed by atoms with van der Waals surface area (Å²) >= 11 is 0. The summed E-state index contributed by atoms with van der Waals surface area (Å²) in [5, 5.41) is 0.505. The van der Waals surface area contributed by atoms with E-state index in [4.69, 9.17) is 0 Å². The molecule has 2 heterocycles. The minimum atomic E-state index is -0.346. The van der Waals surface area contributed by atoms with Crippen molar-refractivity contribution in [1.82, 2.24) is 14.1 Å². The van der Waals surface area contributed by atoms with Crippen molar-refractivity contribution in [2.45, 2.75) is 27.3 Å². The lowest BCUT2D eigenvalue weighted by Gasteiger charge is -2.12. The molecule has 3 aromatic rings. The van der Waals surface area contributed by atoms with Crippen LogP contribution in [0.4, 0.5) is 0 Å². The molecule has 5 heteroatoms. The summed E-state index contributed by atoms with van der Waals surface area (Å²) in [6.45, 7) is 5.98. The minimum absolute atomic E-state index is 0.260. The molecule has 0 aliphatic rings. The fourth-order valence-corrected chi connectivity index (χ4v) is 2.95. The summed E-state index contributed by atoms with van der Waals surface area (Å²) in [5.74, 6) is 0. The van der Waals surface area contributed by atoms with Crippen molar-refractivity contribution < 1.29 is 0 Å². The summed E-state index contributed by atoms with van der Waals surface area (Å²) in [5.41, 5.74) is 3.48. The smallest absolute Gasteiger partial charge is 0.280 e. The molecule has 23 heavy (non-hydrogen) atoms. The van der Waals surface area contributed by atoms with Gasteiger partial charge in [-0.1, -0.05) is 29.8 Å². The topological polar surface area (TPSA) is 56.9 Å². The van der Waals surface area contributed by atoms with Gasteiger partial charge in [-0.25, -0.2) is 9.78 Å². The van der Waals surface area contributed by atoms with E-state index < -0.39 is 0 Å². The first-order valence-electron chi connectivity index (χ1n) is 7.52. The first kappa shape index (κ1) is 15.2. The number of pyridine rings is 1. The molecule has 0 atom stereocenters. The van der Waals surface area contributed by atoms with Gasteiger partial charge in [0.1, 0.15) is 5.65 Å². The number of aryl methyl sites for hydroxylation is 4. The van der Waals surface area contributed by atoms with Crippen LogP contribution in [0.5, 0.6) is 0 Å². The molecule has 0 spiro atoms. The first-order chi connectivity index (χ1) is 10.9. The van der Waals surface area contributed by atoms with Gasteiger partial charge < -0.3 is 0 Å². The number of fused-ring (bicyclic) bond motifs is 1. The van der Waals surface area contributed by atoms with Gasteiger partial charge in [-0.2, -0.15) is 0 Å². The number of benzene rings is 1. The van der Waals surface area contributed by atoms with Gasteiger partial charge in [0.15, 0.2) is 0 Å². The second-order valence-corrected chi connectivity index (χ2v) is 6.00. The predicted octanol–water partition coefficient (Wildman–Crippen LogP) is 2.07. The second-order valence-electron chi connectivity index (χ2n) is 6.00. The lowest BCUT2D eigenvalue weighted by Crippen LogP contribution is -2.40. The van der Waals surface area contributed by atoms with E-state index in [1.807, 2.05) is 51.1 Å². The molecule has 5 nitrogen and oxygen atoms in total. The van der Waals surface area contributed by atoms with Crippen LogP contribution in [0.2, 0.25) is 0 Å². The lowest BCUT2D eigenvalue weighted by atomic mass is 10.1. The highest BCUT2D eigenvalue weighted by atomic mass is 16.2. The Morgan fingerprint density at radius 3 is 2.52 bits per heavy atom. The Bertz CT molecular complexity index is 1030. The van der Waals surface area contributed by atoms with Crippen LogP contribution >= 0.6 is 0 Å². The van der Waals surface area contributed by atoms with Crippen LogP contribution in [-0.4, -0.2) is 14.1 Å². The Hall–Kier alpha value is -2.69. The largest absolute Gasteiger partial charge is 0.332 e. The number of aromatic nitrogens is 3. The van der Waals surface area contributed by atoms with E-state index in [2.05, 4.69) is 4.98 Å². The van der Waals surface area contributed by atoms with Crippen LogP contribution in [0.25, 0.3) is 11.0 Å². The average molecular weight is 309 g/mol. The fraction of sp³-hybridized carbons (Fsp3) is 0.278. The molecular formula is C18H19N3O2. The molecule has 0 amide bonds. The van der Waals surface area contributed by atoms with Crippen LogP contribution in [0.3, 0.4) is 0 Å². The summed E-state index contributed by atoms with van der Waals surface area (Å²) in [7, 11) is 1.66. The third kappa shape index (κ3) is 2.59. The highest BCUT2D eigenvalue weighted by Gasteiger charge is 2.14. The van der Waals surface area contributed by atoms with E-state index >= 15 is 0 Å². The van der Waals surface area contributed by atoms with Crippen molar-refractivity contribution >= 4 is 11.0 Å². The number of hydrogen-bond donors (Lipinski definition) is 0.